The predicted octanol–water partition coefficient (Wildman–Crippen LogP) is 3.63. The smallest absolute Gasteiger partial charge is 0.256 e. The molecule has 116 valence electrons. The molecular formula is C19H23NO2. The van der Waals surface area contributed by atoms with Crippen molar-refractivity contribution >= 4 is 11.6 Å². The Bertz CT molecular complexity index is 627. The van der Waals surface area contributed by atoms with Gasteiger partial charge in [0.2, 0.25) is 0 Å². The molecule has 0 radical (unpaired) electrons. The van der Waals surface area contributed by atoms with Crippen LogP contribution in [0.25, 0.3) is 0 Å². The minimum atomic E-state index is -1.39. The molecule has 0 bridgehead atoms. The first-order valence-corrected chi connectivity index (χ1v) is 7.53. The predicted molar refractivity (Wildman–Crippen MR) is 89.9 cm³/mol. The van der Waals surface area contributed by atoms with E-state index in [0.29, 0.717) is 18.5 Å². The number of carbonyl (C=O) groups excluding carboxylic acids is 1. The number of carbonyl (C=O) groups is 1. The third-order valence-corrected chi connectivity index (χ3v) is 3.82. The molecule has 0 aliphatic heterocycles. The van der Waals surface area contributed by atoms with E-state index in [-0.39, 0.29) is 5.91 Å². The van der Waals surface area contributed by atoms with Crippen LogP contribution < -0.4 is 5.32 Å². The zero-order chi connectivity index (χ0) is 16.2. The molecule has 2 aromatic rings. The average Bonchev–Trinajstić information content (AvgIpc) is 2.49. The van der Waals surface area contributed by atoms with Gasteiger partial charge in [0.05, 0.1) is 0 Å². The zero-order valence-corrected chi connectivity index (χ0v) is 13.4. The topological polar surface area (TPSA) is 49.3 Å². The lowest BCUT2D eigenvalue weighted by atomic mass is 9.95. The van der Waals surface area contributed by atoms with Crippen LogP contribution in [-0.4, -0.2) is 16.6 Å². The van der Waals surface area contributed by atoms with E-state index >= 15 is 0 Å². The van der Waals surface area contributed by atoms with Gasteiger partial charge < -0.3 is 10.4 Å². The molecule has 3 nitrogen and oxygen atoms in total. The molecule has 0 heterocycles. The van der Waals surface area contributed by atoms with Crippen molar-refractivity contribution in [2.24, 2.45) is 0 Å². The Morgan fingerprint density at radius 2 is 1.50 bits per heavy atom. The molecule has 22 heavy (non-hydrogen) atoms. The van der Waals surface area contributed by atoms with Crippen LogP contribution in [0.15, 0.2) is 48.5 Å². The van der Waals surface area contributed by atoms with Crippen molar-refractivity contribution in [2.45, 2.75) is 39.2 Å². The number of benzene rings is 2. The maximum atomic E-state index is 12.2. The van der Waals surface area contributed by atoms with Crippen LogP contribution in [0.4, 0.5) is 5.69 Å². The van der Waals surface area contributed by atoms with Crippen LogP contribution >= 0.6 is 0 Å². The summed E-state index contributed by atoms with van der Waals surface area (Å²) in [5.41, 5.74) is 2.76. The highest BCUT2D eigenvalue weighted by Gasteiger charge is 2.29. The standard InChI is InChI=1S/C19H23NO2/c1-14-4-8-16(9-5-14)12-13-19(3,22)18(21)20-17-10-6-15(2)7-11-17/h4-11,22H,12-13H2,1-3H3,(H,20,21). The molecule has 1 amide bonds. The minimum absolute atomic E-state index is 0.372. The normalized spacial score (nSPS) is 13.5. The molecule has 2 N–H and O–H groups in total. The van der Waals surface area contributed by atoms with Gasteiger partial charge in [0.15, 0.2) is 0 Å². The van der Waals surface area contributed by atoms with E-state index < -0.39 is 5.60 Å². The maximum absolute atomic E-state index is 12.2. The van der Waals surface area contributed by atoms with Gasteiger partial charge in [0.25, 0.3) is 5.91 Å². The largest absolute Gasteiger partial charge is 0.380 e. The van der Waals surface area contributed by atoms with Crippen LogP contribution in [0.2, 0.25) is 0 Å². The molecule has 0 aromatic heterocycles. The number of anilines is 1. The Kier molecular flexibility index (Phi) is 4.99. The summed E-state index contributed by atoms with van der Waals surface area (Å²) in [5, 5.41) is 13.2. The van der Waals surface area contributed by atoms with Gasteiger partial charge in [-0.05, 0) is 51.3 Å². The van der Waals surface area contributed by atoms with E-state index in [2.05, 4.69) is 5.32 Å². The second kappa shape index (κ2) is 6.75. The van der Waals surface area contributed by atoms with Crippen molar-refractivity contribution < 1.29 is 9.90 Å². The molecule has 0 saturated carbocycles. The summed E-state index contributed by atoms with van der Waals surface area (Å²) in [6.45, 7) is 5.59. The second-order valence-electron chi connectivity index (χ2n) is 6.08. The lowest BCUT2D eigenvalue weighted by molar-refractivity contribution is -0.132. The van der Waals surface area contributed by atoms with E-state index in [1.807, 2.05) is 62.4 Å². The number of aliphatic hydroxyl groups is 1. The first-order chi connectivity index (χ1) is 10.4. The SMILES string of the molecule is Cc1ccc(CCC(C)(O)C(=O)Nc2ccc(C)cc2)cc1. The minimum Gasteiger partial charge on any atom is -0.380 e. The van der Waals surface area contributed by atoms with E-state index in [4.69, 9.17) is 0 Å². The van der Waals surface area contributed by atoms with Crippen molar-refractivity contribution in [3.05, 3.63) is 65.2 Å². The highest BCUT2D eigenvalue weighted by Crippen LogP contribution is 2.18. The first kappa shape index (κ1) is 16.2. The van der Waals surface area contributed by atoms with Gasteiger partial charge in [0.1, 0.15) is 5.60 Å². The lowest BCUT2D eigenvalue weighted by Gasteiger charge is -2.22. The second-order valence-corrected chi connectivity index (χ2v) is 6.08. The van der Waals surface area contributed by atoms with Gasteiger partial charge in [-0.1, -0.05) is 47.5 Å². The molecule has 0 aliphatic carbocycles. The summed E-state index contributed by atoms with van der Waals surface area (Å²) in [6, 6.07) is 15.7. The van der Waals surface area contributed by atoms with Crippen molar-refractivity contribution in [1.29, 1.82) is 0 Å². The summed E-state index contributed by atoms with van der Waals surface area (Å²) in [7, 11) is 0. The third-order valence-electron chi connectivity index (χ3n) is 3.82. The Labute approximate surface area is 132 Å². The summed E-state index contributed by atoms with van der Waals surface area (Å²) in [4.78, 5) is 12.2. The van der Waals surface area contributed by atoms with Crippen LogP contribution in [0, 0.1) is 13.8 Å². The number of hydrogen-bond donors (Lipinski definition) is 2. The van der Waals surface area contributed by atoms with Gasteiger partial charge in [-0.25, -0.2) is 0 Å². The summed E-state index contributed by atoms with van der Waals surface area (Å²) < 4.78 is 0. The Balaban J connectivity index is 1.95. The number of hydrogen-bond acceptors (Lipinski definition) is 2. The molecule has 0 aliphatic rings. The van der Waals surface area contributed by atoms with Gasteiger partial charge in [0, 0.05) is 5.69 Å². The van der Waals surface area contributed by atoms with E-state index in [9.17, 15) is 9.90 Å². The van der Waals surface area contributed by atoms with Crippen LogP contribution in [0.1, 0.15) is 30.0 Å². The van der Waals surface area contributed by atoms with Crippen molar-refractivity contribution in [3.8, 4) is 0 Å². The number of amides is 1. The van der Waals surface area contributed by atoms with E-state index in [1.165, 1.54) is 5.56 Å². The van der Waals surface area contributed by atoms with Crippen molar-refractivity contribution in [1.82, 2.24) is 0 Å². The van der Waals surface area contributed by atoms with Gasteiger partial charge in [-0.15, -0.1) is 0 Å². The van der Waals surface area contributed by atoms with Crippen LogP contribution in [0.5, 0.6) is 0 Å². The molecule has 1 unspecified atom stereocenters. The first-order valence-electron chi connectivity index (χ1n) is 7.53. The maximum Gasteiger partial charge on any atom is 0.256 e. The van der Waals surface area contributed by atoms with Gasteiger partial charge in [-0.3, -0.25) is 4.79 Å². The Morgan fingerprint density at radius 3 is 2.05 bits per heavy atom. The van der Waals surface area contributed by atoms with Gasteiger partial charge >= 0.3 is 0 Å². The highest BCUT2D eigenvalue weighted by molar-refractivity contribution is 5.96. The summed E-state index contributed by atoms with van der Waals surface area (Å²) >= 11 is 0. The quantitative estimate of drug-likeness (QED) is 0.885. The van der Waals surface area contributed by atoms with Gasteiger partial charge in [-0.2, -0.15) is 0 Å². The van der Waals surface area contributed by atoms with Crippen LogP contribution in [-0.2, 0) is 11.2 Å². The Hall–Kier alpha value is -2.13. The summed E-state index contributed by atoms with van der Waals surface area (Å²) in [5.74, 6) is -0.372. The molecule has 3 heteroatoms. The fourth-order valence-electron chi connectivity index (χ4n) is 2.16. The highest BCUT2D eigenvalue weighted by atomic mass is 16.3. The van der Waals surface area contributed by atoms with E-state index in [1.54, 1.807) is 6.92 Å². The van der Waals surface area contributed by atoms with Crippen molar-refractivity contribution in [2.75, 3.05) is 5.32 Å². The fourth-order valence-corrected chi connectivity index (χ4v) is 2.16. The number of rotatable bonds is 5. The monoisotopic (exact) mass is 297 g/mol. The molecule has 2 aromatic carbocycles. The lowest BCUT2D eigenvalue weighted by Crippen LogP contribution is -2.40. The zero-order valence-electron chi connectivity index (χ0n) is 13.4. The third kappa shape index (κ3) is 4.43. The molecule has 2 rings (SSSR count). The summed E-state index contributed by atoms with van der Waals surface area (Å²) in [6.07, 6.45) is 1.04. The van der Waals surface area contributed by atoms with E-state index in [0.717, 1.165) is 11.1 Å². The fraction of sp³-hybridized carbons (Fsp3) is 0.316. The Morgan fingerprint density at radius 1 is 1.00 bits per heavy atom. The number of nitrogens with one attached hydrogen (secondary N) is 1. The molecule has 1 atom stereocenters. The van der Waals surface area contributed by atoms with Crippen LogP contribution in [0.3, 0.4) is 0 Å². The van der Waals surface area contributed by atoms with Crippen molar-refractivity contribution in [3.63, 3.8) is 0 Å². The molecular weight excluding hydrogens is 274 g/mol. The molecule has 0 spiro atoms. The number of aryl methyl sites for hydroxylation is 3. The molecule has 0 saturated heterocycles. The average molecular weight is 297 g/mol. The molecule has 0 fully saturated rings.